The van der Waals surface area contributed by atoms with Crippen molar-refractivity contribution in [3.8, 4) is 0 Å². The smallest absolute Gasteiger partial charge is 0.273 e. The number of rotatable bonds is 2. The SMILES string of the molecule is O=C1CCN(S(=O)(=O)c2cccs2)c2ccc(Cl)cc21. The molecule has 0 N–H and O–H groups in total. The molecule has 0 saturated carbocycles. The minimum Gasteiger partial charge on any atom is -0.294 e. The van der Waals surface area contributed by atoms with E-state index >= 15 is 0 Å². The second-order valence-electron chi connectivity index (χ2n) is 4.34. The van der Waals surface area contributed by atoms with Crippen LogP contribution in [0.25, 0.3) is 0 Å². The van der Waals surface area contributed by atoms with Crippen LogP contribution < -0.4 is 4.31 Å². The number of nitrogens with zero attached hydrogens (tertiary/aromatic N) is 1. The van der Waals surface area contributed by atoms with Crippen molar-refractivity contribution < 1.29 is 13.2 Å². The standard InChI is InChI=1S/C13H10ClNO3S2/c14-9-3-4-11-10(8-9)12(16)5-6-15(11)20(17,18)13-2-1-7-19-13/h1-4,7-8H,5-6H2. The average molecular weight is 328 g/mol. The summed E-state index contributed by atoms with van der Waals surface area (Å²) in [7, 11) is -3.61. The van der Waals surface area contributed by atoms with E-state index in [1.54, 1.807) is 29.6 Å². The monoisotopic (exact) mass is 327 g/mol. The van der Waals surface area contributed by atoms with Crippen LogP contribution in [0, 0.1) is 0 Å². The molecule has 0 amide bonds. The number of halogens is 1. The van der Waals surface area contributed by atoms with Crippen molar-refractivity contribution in [3.63, 3.8) is 0 Å². The van der Waals surface area contributed by atoms with Crippen LogP contribution in [0.5, 0.6) is 0 Å². The van der Waals surface area contributed by atoms with E-state index in [2.05, 4.69) is 0 Å². The predicted molar refractivity (Wildman–Crippen MR) is 79.3 cm³/mol. The Labute approximate surface area is 125 Å². The molecule has 0 fully saturated rings. The molecule has 0 radical (unpaired) electrons. The molecular weight excluding hydrogens is 318 g/mol. The summed E-state index contributed by atoms with van der Waals surface area (Å²) < 4.78 is 26.7. The van der Waals surface area contributed by atoms with E-state index in [1.165, 1.54) is 10.4 Å². The quantitative estimate of drug-likeness (QED) is 0.851. The largest absolute Gasteiger partial charge is 0.294 e. The Bertz CT molecular complexity index is 769. The summed E-state index contributed by atoms with van der Waals surface area (Å²) in [6.45, 7) is 0.160. The first-order chi connectivity index (χ1) is 9.50. The summed E-state index contributed by atoms with van der Waals surface area (Å²) in [4.78, 5) is 11.9. The van der Waals surface area contributed by atoms with Crippen LogP contribution in [-0.2, 0) is 10.0 Å². The highest BCUT2D eigenvalue weighted by Gasteiger charge is 2.32. The molecule has 2 heterocycles. The van der Waals surface area contributed by atoms with Crippen LogP contribution in [0.15, 0.2) is 39.9 Å². The number of carbonyl (C=O) groups excluding carboxylic acids is 1. The lowest BCUT2D eigenvalue weighted by Crippen LogP contribution is -2.37. The molecule has 0 unspecified atom stereocenters. The van der Waals surface area contributed by atoms with Crippen molar-refractivity contribution in [1.29, 1.82) is 0 Å². The number of hydrogen-bond acceptors (Lipinski definition) is 4. The van der Waals surface area contributed by atoms with E-state index < -0.39 is 10.0 Å². The molecule has 3 rings (SSSR count). The number of Topliss-reactive ketones (excluding diaryl/α,β-unsaturated/α-hetero) is 1. The van der Waals surface area contributed by atoms with Crippen molar-refractivity contribution in [2.75, 3.05) is 10.8 Å². The number of sulfonamides is 1. The van der Waals surface area contributed by atoms with Gasteiger partial charge in [0.15, 0.2) is 5.78 Å². The van der Waals surface area contributed by atoms with Gasteiger partial charge < -0.3 is 0 Å². The normalized spacial score (nSPS) is 15.2. The van der Waals surface area contributed by atoms with Gasteiger partial charge in [0.2, 0.25) is 0 Å². The maximum absolute atomic E-state index is 12.6. The van der Waals surface area contributed by atoms with Crippen LogP contribution in [0.1, 0.15) is 16.8 Å². The Hall–Kier alpha value is -1.37. The second kappa shape index (κ2) is 4.87. The minimum absolute atomic E-state index is 0.0832. The fourth-order valence-electron chi connectivity index (χ4n) is 2.18. The van der Waals surface area contributed by atoms with E-state index in [4.69, 9.17) is 11.6 Å². The lowest BCUT2D eigenvalue weighted by molar-refractivity contribution is 0.0982. The van der Waals surface area contributed by atoms with Gasteiger partial charge in [-0.05, 0) is 29.6 Å². The van der Waals surface area contributed by atoms with Crippen molar-refractivity contribution in [2.24, 2.45) is 0 Å². The number of carbonyl (C=O) groups is 1. The fraction of sp³-hybridized carbons (Fsp3) is 0.154. The Morgan fingerprint density at radius 1 is 1.25 bits per heavy atom. The predicted octanol–water partition coefficient (Wildman–Crippen LogP) is 3.18. The summed E-state index contributed by atoms with van der Waals surface area (Å²) in [5, 5.41) is 2.14. The minimum atomic E-state index is -3.61. The van der Waals surface area contributed by atoms with Gasteiger partial charge in [-0.3, -0.25) is 9.10 Å². The first-order valence-corrected chi connectivity index (χ1v) is 8.59. The van der Waals surface area contributed by atoms with Crippen molar-refractivity contribution in [1.82, 2.24) is 0 Å². The summed E-state index contributed by atoms with van der Waals surface area (Å²) in [6, 6.07) is 7.95. The maximum Gasteiger partial charge on any atom is 0.273 e. The third kappa shape index (κ3) is 2.13. The van der Waals surface area contributed by atoms with Crippen LogP contribution >= 0.6 is 22.9 Å². The molecule has 1 aliphatic rings. The highest BCUT2D eigenvalue weighted by molar-refractivity contribution is 7.94. The average Bonchev–Trinajstić information content (AvgIpc) is 2.94. The van der Waals surface area contributed by atoms with E-state index in [0.29, 0.717) is 16.3 Å². The van der Waals surface area contributed by atoms with Crippen LogP contribution in [0.2, 0.25) is 5.02 Å². The van der Waals surface area contributed by atoms with Crippen LogP contribution in [0.4, 0.5) is 5.69 Å². The third-order valence-electron chi connectivity index (χ3n) is 3.11. The number of fused-ring (bicyclic) bond motifs is 1. The maximum atomic E-state index is 12.6. The summed E-state index contributed by atoms with van der Waals surface area (Å²) in [6.07, 6.45) is 0.165. The van der Waals surface area contributed by atoms with Gasteiger partial charge in [-0.1, -0.05) is 17.7 Å². The third-order valence-corrected chi connectivity index (χ3v) is 6.53. The van der Waals surface area contributed by atoms with Gasteiger partial charge in [0, 0.05) is 23.6 Å². The Balaban J connectivity index is 2.15. The molecule has 1 aromatic heterocycles. The summed E-state index contributed by atoms with van der Waals surface area (Å²) in [5.74, 6) is -0.0832. The van der Waals surface area contributed by atoms with Gasteiger partial charge in [-0.25, -0.2) is 8.42 Å². The molecule has 2 aromatic rings. The molecule has 7 heteroatoms. The van der Waals surface area contributed by atoms with E-state index in [9.17, 15) is 13.2 Å². The molecule has 0 bridgehead atoms. The fourth-order valence-corrected chi connectivity index (χ4v) is 4.94. The lowest BCUT2D eigenvalue weighted by Gasteiger charge is -2.29. The van der Waals surface area contributed by atoms with Gasteiger partial charge in [0.25, 0.3) is 10.0 Å². The molecule has 4 nitrogen and oxygen atoms in total. The van der Waals surface area contributed by atoms with Gasteiger partial charge in [-0.2, -0.15) is 0 Å². The van der Waals surface area contributed by atoms with Gasteiger partial charge in [-0.15, -0.1) is 11.3 Å². The zero-order valence-corrected chi connectivity index (χ0v) is 12.6. The first-order valence-electron chi connectivity index (χ1n) is 5.89. The lowest BCUT2D eigenvalue weighted by atomic mass is 10.0. The molecule has 0 aliphatic carbocycles. The number of benzene rings is 1. The Kier molecular flexibility index (Phi) is 3.32. The van der Waals surface area contributed by atoms with Crippen molar-refractivity contribution in [3.05, 3.63) is 46.3 Å². The van der Waals surface area contributed by atoms with Gasteiger partial charge >= 0.3 is 0 Å². The molecule has 20 heavy (non-hydrogen) atoms. The van der Waals surface area contributed by atoms with Crippen molar-refractivity contribution in [2.45, 2.75) is 10.6 Å². The molecule has 1 aliphatic heterocycles. The Morgan fingerprint density at radius 3 is 2.75 bits per heavy atom. The summed E-state index contributed by atoms with van der Waals surface area (Å²) in [5.41, 5.74) is 0.767. The van der Waals surface area contributed by atoms with Gasteiger partial charge in [0.1, 0.15) is 4.21 Å². The highest BCUT2D eigenvalue weighted by atomic mass is 35.5. The highest BCUT2D eigenvalue weighted by Crippen LogP contribution is 2.34. The van der Waals surface area contributed by atoms with E-state index in [1.807, 2.05) is 0 Å². The summed E-state index contributed by atoms with van der Waals surface area (Å²) >= 11 is 7.05. The van der Waals surface area contributed by atoms with Crippen LogP contribution in [0.3, 0.4) is 0 Å². The zero-order valence-electron chi connectivity index (χ0n) is 10.2. The van der Waals surface area contributed by atoms with E-state index in [-0.39, 0.29) is 23.0 Å². The van der Waals surface area contributed by atoms with Crippen LogP contribution in [-0.4, -0.2) is 20.7 Å². The molecule has 1 aromatic carbocycles. The number of anilines is 1. The van der Waals surface area contributed by atoms with E-state index in [0.717, 1.165) is 11.3 Å². The molecule has 0 saturated heterocycles. The first kappa shape index (κ1) is 13.6. The second-order valence-corrected chi connectivity index (χ2v) is 7.82. The molecule has 0 atom stereocenters. The topological polar surface area (TPSA) is 54.5 Å². The number of thiophene rings is 1. The van der Waals surface area contributed by atoms with Gasteiger partial charge in [0.05, 0.1) is 5.69 Å². The van der Waals surface area contributed by atoms with Crippen molar-refractivity contribution >= 4 is 44.4 Å². The number of ketones is 1. The zero-order chi connectivity index (χ0) is 14.3. The molecule has 104 valence electrons. The number of hydrogen-bond donors (Lipinski definition) is 0. The Morgan fingerprint density at radius 2 is 2.05 bits per heavy atom. The molecule has 0 spiro atoms. The molecular formula is C13H10ClNO3S2.